The minimum Gasteiger partial charge on any atom is -0.282 e. The van der Waals surface area contributed by atoms with Crippen LogP contribution >= 0.6 is 0 Å². The molecule has 22 heavy (non-hydrogen) atoms. The van der Waals surface area contributed by atoms with Crippen molar-refractivity contribution in [2.45, 2.75) is 40.5 Å². The standard InChI is InChI=1S/C18H22N4/c1-11-17(12(2)20-19-11)9-15-5-7-16(8-6-15)10-18-13(3)21-22-14(18)4/h5-8H,9-10H2,1-4H3,(H,19,20)(H,21,22). The first-order valence-corrected chi connectivity index (χ1v) is 7.63. The van der Waals surface area contributed by atoms with Gasteiger partial charge in [0.2, 0.25) is 0 Å². The Morgan fingerprint density at radius 3 is 1.32 bits per heavy atom. The molecule has 0 radical (unpaired) electrons. The van der Waals surface area contributed by atoms with Crippen LogP contribution in [0.15, 0.2) is 24.3 Å². The third-order valence-corrected chi connectivity index (χ3v) is 4.35. The molecule has 2 aromatic heterocycles. The third-order valence-electron chi connectivity index (χ3n) is 4.35. The van der Waals surface area contributed by atoms with Gasteiger partial charge in [0.15, 0.2) is 0 Å². The molecule has 2 N–H and O–H groups in total. The van der Waals surface area contributed by atoms with E-state index in [9.17, 15) is 0 Å². The maximum absolute atomic E-state index is 4.26. The fraction of sp³-hybridized carbons (Fsp3) is 0.333. The maximum Gasteiger partial charge on any atom is 0.0629 e. The molecule has 4 heteroatoms. The molecule has 0 amide bonds. The van der Waals surface area contributed by atoms with E-state index < -0.39 is 0 Å². The number of H-pyrrole nitrogens is 2. The number of nitrogens with zero attached hydrogens (tertiary/aromatic N) is 2. The van der Waals surface area contributed by atoms with Gasteiger partial charge < -0.3 is 0 Å². The molecule has 3 rings (SSSR count). The lowest BCUT2D eigenvalue weighted by Gasteiger charge is -2.06. The Labute approximate surface area is 131 Å². The van der Waals surface area contributed by atoms with Crippen LogP contribution in [0.2, 0.25) is 0 Å². The Hall–Kier alpha value is -2.36. The summed E-state index contributed by atoms with van der Waals surface area (Å²) in [6, 6.07) is 8.86. The smallest absolute Gasteiger partial charge is 0.0629 e. The van der Waals surface area contributed by atoms with Crippen LogP contribution in [0.25, 0.3) is 0 Å². The predicted molar refractivity (Wildman–Crippen MR) is 88.2 cm³/mol. The summed E-state index contributed by atoms with van der Waals surface area (Å²) in [5, 5.41) is 14.6. The number of nitrogens with one attached hydrogen (secondary N) is 2. The average molecular weight is 294 g/mol. The van der Waals surface area contributed by atoms with Crippen molar-refractivity contribution < 1.29 is 0 Å². The molecule has 4 nitrogen and oxygen atoms in total. The molecule has 114 valence electrons. The van der Waals surface area contributed by atoms with Crippen LogP contribution in [0.3, 0.4) is 0 Å². The number of aromatic nitrogens is 4. The lowest BCUT2D eigenvalue weighted by molar-refractivity contribution is 1.02. The van der Waals surface area contributed by atoms with E-state index in [-0.39, 0.29) is 0 Å². The van der Waals surface area contributed by atoms with Gasteiger partial charge in [0, 0.05) is 35.4 Å². The molecule has 0 fully saturated rings. The van der Waals surface area contributed by atoms with Crippen LogP contribution in [0.4, 0.5) is 0 Å². The van der Waals surface area contributed by atoms with Gasteiger partial charge in [-0.1, -0.05) is 24.3 Å². The predicted octanol–water partition coefficient (Wildman–Crippen LogP) is 3.55. The van der Waals surface area contributed by atoms with Gasteiger partial charge in [0.1, 0.15) is 0 Å². The second kappa shape index (κ2) is 5.79. The molecule has 0 saturated carbocycles. The second-order valence-corrected chi connectivity index (χ2v) is 6.00. The summed E-state index contributed by atoms with van der Waals surface area (Å²) < 4.78 is 0. The van der Waals surface area contributed by atoms with Crippen LogP contribution in [0.1, 0.15) is 45.0 Å². The molecule has 0 saturated heterocycles. The normalized spacial score (nSPS) is 11.1. The van der Waals surface area contributed by atoms with E-state index in [4.69, 9.17) is 0 Å². The highest BCUT2D eigenvalue weighted by Crippen LogP contribution is 2.19. The Balaban J connectivity index is 1.76. The van der Waals surface area contributed by atoms with Crippen LogP contribution in [-0.4, -0.2) is 20.4 Å². The first kappa shape index (κ1) is 14.6. The topological polar surface area (TPSA) is 57.4 Å². The highest BCUT2D eigenvalue weighted by Gasteiger charge is 2.09. The van der Waals surface area contributed by atoms with Gasteiger partial charge in [-0.05, 0) is 38.8 Å². The van der Waals surface area contributed by atoms with Crippen molar-refractivity contribution in [3.8, 4) is 0 Å². The molecule has 2 heterocycles. The summed E-state index contributed by atoms with van der Waals surface area (Å²) in [6.07, 6.45) is 1.86. The maximum atomic E-state index is 4.26. The molecule has 0 bridgehead atoms. The fourth-order valence-corrected chi connectivity index (χ4v) is 2.85. The second-order valence-electron chi connectivity index (χ2n) is 6.00. The molecule has 0 aliphatic carbocycles. The molecular weight excluding hydrogens is 272 g/mol. The minimum absolute atomic E-state index is 0.929. The van der Waals surface area contributed by atoms with E-state index in [1.54, 1.807) is 0 Å². The van der Waals surface area contributed by atoms with Gasteiger partial charge in [0.25, 0.3) is 0 Å². The van der Waals surface area contributed by atoms with Crippen LogP contribution < -0.4 is 0 Å². The fourth-order valence-electron chi connectivity index (χ4n) is 2.85. The first-order valence-electron chi connectivity index (χ1n) is 7.63. The lowest BCUT2D eigenvalue weighted by Crippen LogP contribution is -1.94. The van der Waals surface area contributed by atoms with E-state index in [0.717, 1.165) is 35.6 Å². The van der Waals surface area contributed by atoms with Crippen LogP contribution in [0, 0.1) is 27.7 Å². The number of benzene rings is 1. The summed E-state index contributed by atoms with van der Waals surface area (Å²) >= 11 is 0. The summed E-state index contributed by atoms with van der Waals surface area (Å²) in [7, 11) is 0. The number of aromatic amines is 2. The first-order chi connectivity index (χ1) is 10.5. The molecule has 0 aliphatic heterocycles. The number of hydrogen-bond donors (Lipinski definition) is 2. The summed E-state index contributed by atoms with van der Waals surface area (Å²) in [5.74, 6) is 0. The van der Waals surface area contributed by atoms with Crippen LogP contribution in [-0.2, 0) is 12.8 Å². The van der Waals surface area contributed by atoms with Crippen molar-refractivity contribution in [1.29, 1.82) is 0 Å². The Morgan fingerprint density at radius 2 is 1.05 bits per heavy atom. The molecule has 0 aliphatic rings. The van der Waals surface area contributed by atoms with Gasteiger partial charge in [-0.15, -0.1) is 0 Å². The zero-order valence-electron chi connectivity index (χ0n) is 13.6. The van der Waals surface area contributed by atoms with E-state index >= 15 is 0 Å². The quantitative estimate of drug-likeness (QED) is 0.773. The summed E-state index contributed by atoms with van der Waals surface area (Å²) in [5.41, 5.74) is 9.73. The van der Waals surface area contributed by atoms with Gasteiger partial charge in [-0.3, -0.25) is 10.2 Å². The van der Waals surface area contributed by atoms with Crippen molar-refractivity contribution in [3.63, 3.8) is 0 Å². The van der Waals surface area contributed by atoms with Crippen LogP contribution in [0.5, 0.6) is 0 Å². The molecular formula is C18H22N4. The van der Waals surface area contributed by atoms with Crippen molar-refractivity contribution in [2.75, 3.05) is 0 Å². The Kier molecular flexibility index (Phi) is 3.84. The van der Waals surface area contributed by atoms with E-state index in [0.29, 0.717) is 0 Å². The highest BCUT2D eigenvalue weighted by atomic mass is 15.1. The van der Waals surface area contributed by atoms with Crippen molar-refractivity contribution in [1.82, 2.24) is 20.4 Å². The zero-order valence-corrected chi connectivity index (χ0v) is 13.6. The molecule has 3 aromatic rings. The zero-order chi connectivity index (χ0) is 15.7. The summed E-state index contributed by atoms with van der Waals surface area (Å²) in [4.78, 5) is 0. The average Bonchev–Trinajstić information content (AvgIpc) is 2.99. The monoisotopic (exact) mass is 294 g/mol. The van der Waals surface area contributed by atoms with Gasteiger partial charge in [0.05, 0.1) is 11.4 Å². The number of aryl methyl sites for hydroxylation is 4. The molecule has 0 atom stereocenters. The Morgan fingerprint density at radius 1 is 0.682 bits per heavy atom. The third kappa shape index (κ3) is 2.82. The molecule has 0 spiro atoms. The summed E-state index contributed by atoms with van der Waals surface area (Å²) in [6.45, 7) is 8.26. The van der Waals surface area contributed by atoms with Crippen molar-refractivity contribution >= 4 is 0 Å². The van der Waals surface area contributed by atoms with Crippen molar-refractivity contribution in [3.05, 3.63) is 69.3 Å². The lowest BCUT2D eigenvalue weighted by atomic mass is 9.99. The number of rotatable bonds is 4. The van der Waals surface area contributed by atoms with E-state index in [1.807, 2.05) is 0 Å². The van der Waals surface area contributed by atoms with E-state index in [2.05, 4.69) is 72.4 Å². The Bertz CT molecular complexity index is 672. The van der Waals surface area contributed by atoms with E-state index in [1.165, 1.54) is 22.3 Å². The number of hydrogen-bond acceptors (Lipinski definition) is 2. The molecule has 1 aromatic carbocycles. The largest absolute Gasteiger partial charge is 0.282 e. The molecule has 0 unspecified atom stereocenters. The van der Waals surface area contributed by atoms with Gasteiger partial charge >= 0.3 is 0 Å². The highest BCUT2D eigenvalue weighted by molar-refractivity contribution is 5.35. The minimum atomic E-state index is 0.929. The SMILES string of the molecule is Cc1n[nH]c(C)c1Cc1ccc(Cc2c(C)n[nH]c2C)cc1. The van der Waals surface area contributed by atoms with Crippen molar-refractivity contribution in [2.24, 2.45) is 0 Å². The van der Waals surface area contributed by atoms with Gasteiger partial charge in [-0.2, -0.15) is 10.2 Å². The van der Waals surface area contributed by atoms with Gasteiger partial charge in [-0.25, -0.2) is 0 Å².